The molecule has 3 aromatic carbocycles. The fourth-order valence-corrected chi connectivity index (χ4v) is 6.48. The highest BCUT2D eigenvalue weighted by Crippen LogP contribution is 2.41. The summed E-state index contributed by atoms with van der Waals surface area (Å²) in [4.78, 5) is 26.9. The summed E-state index contributed by atoms with van der Waals surface area (Å²) in [5.74, 6) is -0.427. The molecule has 3 aromatic rings. The van der Waals surface area contributed by atoms with Crippen molar-refractivity contribution in [3.8, 4) is 0 Å². The van der Waals surface area contributed by atoms with Crippen LogP contribution in [0.4, 0.5) is 0 Å². The molecule has 0 saturated carbocycles. The minimum atomic E-state index is -3.45. The van der Waals surface area contributed by atoms with Crippen LogP contribution in [0.5, 0.6) is 0 Å². The van der Waals surface area contributed by atoms with Crippen LogP contribution >= 0.6 is 0 Å². The van der Waals surface area contributed by atoms with Crippen molar-refractivity contribution < 1.29 is 22.7 Å². The zero-order valence-corrected chi connectivity index (χ0v) is 24.3. The normalized spacial score (nSPS) is 16.1. The number of aryl methyl sites for hydroxylation is 3. The number of allylic oxidation sites excluding steroid dienone is 2. The predicted molar refractivity (Wildman–Crippen MR) is 154 cm³/mol. The molecule has 0 amide bonds. The third-order valence-electron chi connectivity index (χ3n) is 7.05. The number of hydrogen-bond donors (Lipinski definition) is 0. The number of Topliss-reactive ketones (excluding diaryl/α,β-unsaturated/α-hetero) is 1. The number of carbonyl (C=O) groups excluding carboxylic acids is 2. The lowest BCUT2D eigenvalue weighted by atomic mass is 9.89. The summed E-state index contributed by atoms with van der Waals surface area (Å²) in [5.41, 5.74) is 5.31. The minimum Gasteiger partial charge on any atom is -0.430 e. The number of ether oxygens (including phenoxy) is 1. The summed E-state index contributed by atoms with van der Waals surface area (Å²) in [6.45, 7) is 11.4. The highest BCUT2D eigenvalue weighted by molar-refractivity contribution is 7.90. The van der Waals surface area contributed by atoms with E-state index in [9.17, 15) is 18.0 Å². The first kappa shape index (κ1) is 28.5. The quantitative estimate of drug-likeness (QED) is 0.309. The number of carbonyl (C=O) groups is 2. The standard InChI is InChI=1S/C33H36O5S/c1-21-16-22(2)29(23(3)17-21)30-28(38-32(35)33(4,5)6)19-26(31(30)34)18-24-12-14-25(15-13-24)20-39(36,37)27-10-8-7-9-11-27/h7-17,26H,18-20H2,1-6H3. The lowest BCUT2D eigenvalue weighted by molar-refractivity contribution is -0.148. The van der Waals surface area contributed by atoms with Gasteiger partial charge in [0.25, 0.3) is 0 Å². The van der Waals surface area contributed by atoms with Crippen molar-refractivity contribution in [3.63, 3.8) is 0 Å². The van der Waals surface area contributed by atoms with Gasteiger partial charge in [0.15, 0.2) is 15.6 Å². The Bertz CT molecular complexity index is 1520. The monoisotopic (exact) mass is 544 g/mol. The van der Waals surface area contributed by atoms with E-state index in [2.05, 4.69) is 0 Å². The maximum atomic E-state index is 13.8. The van der Waals surface area contributed by atoms with E-state index in [1.807, 2.05) is 45.0 Å². The van der Waals surface area contributed by atoms with Gasteiger partial charge in [-0.1, -0.05) is 60.2 Å². The summed E-state index contributed by atoms with van der Waals surface area (Å²) in [6, 6.07) is 19.9. The number of esters is 1. The first-order valence-electron chi connectivity index (χ1n) is 13.2. The van der Waals surface area contributed by atoms with E-state index in [1.54, 1.807) is 63.2 Å². The molecule has 0 aliphatic heterocycles. The van der Waals surface area contributed by atoms with Gasteiger partial charge in [-0.15, -0.1) is 0 Å². The van der Waals surface area contributed by atoms with Crippen molar-refractivity contribution in [1.82, 2.24) is 0 Å². The van der Waals surface area contributed by atoms with Crippen molar-refractivity contribution in [1.29, 1.82) is 0 Å². The summed E-state index contributed by atoms with van der Waals surface area (Å²) < 4.78 is 31.4. The average Bonchev–Trinajstić information content (AvgIpc) is 3.14. The molecule has 0 fully saturated rings. The Morgan fingerprint density at radius 2 is 1.46 bits per heavy atom. The molecule has 0 N–H and O–H groups in total. The molecule has 0 bridgehead atoms. The molecule has 1 unspecified atom stereocenters. The van der Waals surface area contributed by atoms with Gasteiger partial charge in [0, 0.05) is 12.3 Å². The molecule has 6 heteroatoms. The molecule has 39 heavy (non-hydrogen) atoms. The number of sulfone groups is 1. The summed E-state index contributed by atoms with van der Waals surface area (Å²) in [7, 11) is -3.45. The molecule has 0 radical (unpaired) electrons. The van der Waals surface area contributed by atoms with Crippen LogP contribution < -0.4 is 0 Å². The van der Waals surface area contributed by atoms with Crippen LogP contribution in [-0.4, -0.2) is 20.2 Å². The van der Waals surface area contributed by atoms with Crippen LogP contribution in [0, 0.1) is 32.1 Å². The van der Waals surface area contributed by atoms with Gasteiger partial charge >= 0.3 is 5.97 Å². The third-order valence-corrected chi connectivity index (χ3v) is 8.75. The lowest BCUT2D eigenvalue weighted by Crippen LogP contribution is -2.22. The highest BCUT2D eigenvalue weighted by Gasteiger charge is 2.38. The zero-order chi connectivity index (χ0) is 28.5. The second-order valence-corrected chi connectivity index (χ2v) is 13.6. The van der Waals surface area contributed by atoms with Gasteiger partial charge in [-0.25, -0.2) is 8.42 Å². The molecule has 0 spiro atoms. The fraction of sp³-hybridized carbons (Fsp3) is 0.333. The molecule has 0 heterocycles. The summed E-state index contributed by atoms with van der Waals surface area (Å²) in [6.07, 6.45) is 0.807. The van der Waals surface area contributed by atoms with Gasteiger partial charge in [0.1, 0.15) is 5.76 Å². The Morgan fingerprint density at radius 1 is 0.897 bits per heavy atom. The van der Waals surface area contributed by atoms with E-state index in [4.69, 9.17) is 4.74 Å². The summed E-state index contributed by atoms with van der Waals surface area (Å²) >= 11 is 0. The molecule has 0 saturated heterocycles. The SMILES string of the molecule is Cc1cc(C)c(C2=C(OC(=O)C(C)(C)C)CC(Cc3ccc(CS(=O)(=O)c4ccccc4)cc3)C2=O)c(C)c1. The maximum Gasteiger partial charge on any atom is 0.316 e. The van der Waals surface area contributed by atoms with Crippen molar-refractivity contribution in [2.24, 2.45) is 11.3 Å². The molecule has 204 valence electrons. The summed E-state index contributed by atoms with van der Waals surface area (Å²) in [5, 5.41) is 0. The lowest BCUT2D eigenvalue weighted by Gasteiger charge is -2.18. The minimum absolute atomic E-state index is 0.0301. The number of benzene rings is 3. The fourth-order valence-electron chi connectivity index (χ4n) is 5.11. The smallest absolute Gasteiger partial charge is 0.316 e. The third kappa shape index (κ3) is 6.39. The van der Waals surface area contributed by atoms with E-state index < -0.39 is 15.3 Å². The van der Waals surface area contributed by atoms with Gasteiger partial charge in [0.2, 0.25) is 0 Å². The molecular formula is C33H36O5S. The van der Waals surface area contributed by atoms with Crippen LogP contribution in [0.1, 0.15) is 60.6 Å². The Labute approximate surface area is 231 Å². The van der Waals surface area contributed by atoms with Crippen LogP contribution in [0.15, 0.2) is 77.4 Å². The molecule has 1 aliphatic carbocycles. The predicted octanol–water partition coefficient (Wildman–Crippen LogP) is 6.72. The Balaban J connectivity index is 1.58. The first-order valence-corrected chi connectivity index (χ1v) is 14.8. The van der Waals surface area contributed by atoms with Gasteiger partial charge in [-0.2, -0.15) is 0 Å². The Kier molecular flexibility index (Phi) is 7.99. The second-order valence-electron chi connectivity index (χ2n) is 11.6. The largest absolute Gasteiger partial charge is 0.430 e. The molecular weight excluding hydrogens is 508 g/mol. The van der Waals surface area contributed by atoms with Gasteiger partial charge < -0.3 is 4.74 Å². The molecule has 0 aromatic heterocycles. The van der Waals surface area contributed by atoms with Crippen LogP contribution in [0.3, 0.4) is 0 Å². The highest BCUT2D eigenvalue weighted by atomic mass is 32.2. The molecule has 4 rings (SSSR count). The zero-order valence-electron chi connectivity index (χ0n) is 23.5. The van der Waals surface area contributed by atoms with Crippen molar-refractivity contribution in [3.05, 3.63) is 106 Å². The van der Waals surface area contributed by atoms with Crippen LogP contribution in [0.2, 0.25) is 0 Å². The molecule has 1 atom stereocenters. The van der Waals surface area contributed by atoms with Crippen LogP contribution in [-0.2, 0) is 36.3 Å². The van der Waals surface area contributed by atoms with Gasteiger partial charge in [-0.05, 0) is 87.9 Å². The van der Waals surface area contributed by atoms with E-state index in [1.165, 1.54) is 0 Å². The van der Waals surface area contributed by atoms with E-state index in [-0.39, 0.29) is 23.4 Å². The number of ketones is 1. The first-order chi connectivity index (χ1) is 18.3. The van der Waals surface area contributed by atoms with E-state index >= 15 is 0 Å². The van der Waals surface area contributed by atoms with Crippen molar-refractivity contribution >= 4 is 27.2 Å². The van der Waals surface area contributed by atoms with E-state index in [0.717, 1.165) is 27.8 Å². The molecule has 5 nitrogen and oxygen atoms in total. The maximum absolute atomic E-state index is 13.8. The molecule has 1 aliphatic rings. The van der Waals surface area contributed by atoms with E-state index in [0.29, 0.717) is 34.6 Å². The topological polar surface area (TPSA) is 77.5 Å². The van der Waals surface area contributed by atoms with Crippen molar-refractivity contribution in [2.45, 2.75) is 65.0 Å². The van der Waals surface area contributed by atoms with Crippen molar-refractivity contribution in [2.75, 3.05) is 0 Å². The van der Waals surface area contributed by atoms with Crippen LogP contribution in [0.25, 0.3) is 5.57 Å². The average molecular weight is 545 g/mol. The van der Waals surface area contributed by atoms with Gasteiger partial charge in [0.05, 0.1) is 21.6 Å². The number of rotatable bonds is 7. The Hall–Kier alpha value is -3.51. The van der Waals surface area contributed by atoms with Gasteiger partial charge in [-0.3, -0.25) is 9.59 Å². The second kappa shape index (κ2) is 10.9. The Morgan fingerprint density at radius 3 is 2.03 bits per heavy atom. The number of hydrogen-bond acceptors (Lipinski definition) is 5.